The number of aldehydes is 1. The molecule has 0 bridgehead atoms. The van der Waals surface area contributed by atoms with Gasteiger partial charge in [0.2, 0.25) is 11.6 Å². The van der Waals surface area contributed by atoms with Gasteiger partial charge in [0.15, 0.2) is 0 Å². The fourth-order valence-corrected chi connectivity index (χ4v) is 4.30. The van der Waals surface area contributed by atoms with Crippen LogP contribution in [0.2, 0.25) is 0 Å². The number of hydroxylamine groups is 1. The Morgan fingerprint density at radius 3 is 2.30 bits per heavy atom. The number of ether oxygens (including phenoxy) is 1. The number of benzene rings is 1. The van der Waals surface area contributed by atoms with Crippen LogP contribution in [0, 0.1) is 11.8 Å². The van der Waals surface area contributed by atoms with Crippen LogP contribution in [0.25, 0.3) is 0 Å². The second-order valence-electron chi connectivity index (χ2n) is 9.02. The average molecular weight is 465 g/mol. The summed E-state index contributed by atoms with van der Waals surface area (Å²) >= 11 is 0. The predicted octanol–water partition coefficient (Wildman–Crippen LogP) is 2.15. The smallest absolute Gasteiger partial charge is 0.306 e. The van der Waals surface area contributed by atoms with Crippen molar-refractivity contribution in [2.45, 2.75) is 65.0 Å². The average Bonchev–Trinajstić information content (AvgIpc) is 2.83. The minimum atomic E-state index is -0.542. The molecular formula is C25H42N3O5+. The van der Waals surface area contributed by atoms with Crippen LogP contribution in [0.3, 0.4) is 0 Å². The van der Waals surface area contributed by atoms with Gasteiger partial charge in [0.1, 0.15) is 6.29 Å². The van der Waals surface area contributed by atoms with Crippen molar-refractivity contribution in [2.24, 2.45) is 11.8 Å². The molecule has 0 heterocycles. The Bertz CT molecular complexity index is 728. The third-order valence-corrected chi connectivity index (χ3v) is 6.54. The Morgan fingerprint density at radius 2 is 1.88 bits per heavy atom. The van der Waals surface area contributed by atoms with Crippen molar-refractivity contribution < 1.29 is 29.8 Å². The summed E-state index contributed by atoms with van der Waals surface area (Å²) in [4.78, 5) is 35.2. The van der Waals surface area contributed by atoms with Crippen molar-refractivity contribution in [3.05, 3.63) is 35.4 Å². The Kier molecular flexibility index (Phi) is 12.9. The van der Waals surface area contributed by atoms with Crippen molar-refractivity contribution in [1.82, 2.24) is 10.2 Å². The van der Waals surface area contributed by atoms with Gasteiger partial charge < -0.3 is 10.1 Å². The molecule has 0 aromatic heterocycles. The molecule has 1 saturated carbocycles. The number of nitrogens with one attached hydrogen (secondary N) is 1. The fraction of sp³-hybridized carbons (Fsp3) is 0.640. The first-order valence-electron chi connectivity index (χ1n) is 11.7. The van der Waals surface area contributed by atoms with E-state index in [-0.39, 0.29) is 11.9 Å². The van der Waals surface area contributed by atoms with E-state index in [1.807, 2.05) is 17.0 Å². The molecule has 0 radical (unpaired) electrons. The number of methoxy groups -OCH3 is 1. The van der Waals surface area contributed by atoms with Gasteiger partial charge in [0.05, 0.1) is 13.5 Å². The van der Waals surface area contributed by atoms with E-state index in [4.69, 9.17) is 0 Å². The second-order valence-corrected chi connectivity index (χ2v) is 9.02. The van der Waals surface area contributed by atoms with E-state index >= 15 is 0 Å². The maximum absolute atomic E-state index is 12.3. The summed E-state index contributed by atoms with van der Waals surface area (Å²) in [6.45, 7) is 7.32. The number of nitrogens with two attached hydrogens (primary N) is 1. The number of nitrogens with zero attached hydrogens (tertiary/aromatic N) is 1. The molecule has 1 amide bonds. The number of esters is 1. The lowest BCUT2D eigenvalue weighted by atomic mass is 9.76. The number of rotatable bonds is 10. The molecule has 8 heteroatoms. The van der Waals surface area contributed by atoms with Crippen molar-refractivity contribution in [2.75, 3.05) is 27.2 Å². The molecule has 1 aromatic carbocycles. The lowest BCUT2D eigenvalue weighted by Crippen LogP contribution is -2.99. The van der Waals surface area contributed by atoms with Gasteiger partial charge in [-0.1, -0.05) is 38.1 Å². The third kappa shape index (κ3) is 9.23. The normalized spacial score (nSPS) is 19.9. The number of hydrogen-bond acceptors (Lipinski definition) is 6. The van der Waals surface area contributed by atoms with Crippen LogP contribution in [0.4, 0.5) is 0 Å². The Balaban J connectivity index is 0.000000582. The van der Waals surface area contributed by atoms with Crippen molar-refractivity contribution >= 4 is 18.2 Å². The first-order chi connectivity index (χ1) is 15.7. The third-order valence-electron chi connectivity index (χ3n) is 6.54. The SMILES string of the molecule is CC(=O)N(CCc1ccc(C=O)cc1)C1([NH2+]O)CCC(C(C)C)CC1.CNCCC(=O)OC. The molecule has 1 fully saturated rings. The van der Waals surface area contributed by atoms with Crippen LogP contribution in [0.15, 0.2) is 24.3 Å². The first kappa shape index (κ1) is 28.7. The molecule has 1 aromatic rings. The zero-order chi connectivity index (χ0) is 24.9. The Morgan fingerprint density at radius 1 is 1.27 bits per heavy atom. The van der Waals surface area contributed by atoms with Crippen LogP contribution in [-0.2, 0) is 20.7 Å². The highest BCUT2D eigenvalue weighted by Crippen LogP contribution is 2.35. The molecule has 33 heavy (non-hydrogen) atoms. The standard InChI is InChI=1S/C20H30N2O3.C5H11NO2/c1-15(2)19-8-11-20(21-25,12-9-19)22(16(3)24)13-10-17-4-6-18(14-23)7-5-17;1-6-4-3-5(7)8-2/h4-7,14-15,19,21,25H,8-13H2,1-3H3;6H,3-4H2,1-2H3/p+1. The van der Waals surface area contributed by atoms with E-state index in [1.165, 1.54) is 12.6 Å². The molecule has 1 aliphatic carbocycles. The van der Waals surface area contributed by atoms with Gasteiger partial charge in [0, 0.05) is 38.4 Å². The number of carbonyl (C=O) groups excluding carboxylic acids is 3. The minimum absolute atomic E-state index is 0.00203. The van der Waals surface area contributed by atoms with Crippen LogP contribution in [0.1, 0.15) is 68.8 Å². The second kappa shape index (κ2) is 14.8. The highest BCUT2D eigenvalue weighted by atomic mass is 16.5. The van der Waals surface area contributed by atoms with Gasteiger partial charge in [-0.15, -0.1) is 0 Å². The van der Waals surface area contributed by atoms with Crippen LogP contribution in [-0.4, -0.2) is 61.2 Å². The summed E-state index contributed by atoms with van der Waals surface area (Å²) in [5.41, 5.74) is 2.44. The van der Waals surface area contributed by atoms with Crippen LogP contribution >= 0.6 is 0 Å². The first-order valence-corrected chi connectivity index (χ1v) is 11.7. The van der Waals surface area contributed by atoms with E-state index < -0.39 is 5.66 Å². The molecule has 0 atom stereocenters. The lowest BCUT2D eigenvalue weighted by Gasteiger charge is -2.43. The summed E-state index contributed by atoms with van der Waals surface area (Å²) in [7, 11) is 3.18. The summed E-state index contributed by atoms with van der Waals surface area (Å²) < 4.78 is 4.37. The number of hydrogen-bond donors (Lipinski definition) is 3. The van der Waals surface area contributed by atoms with E-state index in [1.54, 1.807) is 26.1 Å². The lowest BCUT2D eigenvalue weighted by molar-refractivity contribution is -0.948. The Hall–Kier alpha value is -2.29. The molecule has 2 rings (SSSR count). The van der Waals surface area contributed by atoms with Crippen molar-refractivity contribution in [3.8, 4) is 0 Å². The Labute approximate surface area is 198 Å². The van der Waals surface area contributed by atoms with E-state index in [0.717, 1.165) is 37.5 Å². The van der Waals surface area contributed by atoms with Gasteiger partial charge in [-0.05, 0) is 43.7 Å². The topological polar surface area (TPSA) is 113 Å². The largest absolute Gasteiger partial charge is 0.469 e. The molecule has 186 valence electrons. The molecule has 1 aliphatic rings. The maximum Gasteiger partial charge on any atom is 0.306 e. The number of carbonyl (C=O) groups is 3. The van der Waals surface area contributed by atoms with Crippen molar-refractivity contribution in [1.29, 1.82) is 0 Å². The summed E-state index contributed by atoms with van der Waals surface area (Å²) in [5, 5.41) is 12.8. The quantitative estimate of drug-likeness (QED) is 0.212. The highest BCUT2D eigenvalue weighted by molar-refractivity contribution is 5.75. The molecule has 0 aliphatic heterocycles. The number of quaternary nitrogens is 1. The van der Waals surface area contributed by atoms with Gasteiger partial charge in [-0.3, -0.25) is 19.3 Å². The molecule has 0 spiro atoms. The fourth-order valence-electron chi connectivity index (χ4n) is 4.30. The van der Waals surface area contributed by atoms with Gasteiger partial charge in [0.25, 0.3) is 0 Å². The maximum atomic E-state index is 12.3. The van der Waals surface area contributed by atoms with Gasteiger partial charge in [-0.25, -0.2) is 5.21 Å². The van der Waals surface area contributed by atoms with E-state index in [0.29, 0.717) is 43.3 Å². The highest BCUT2D eigenvalue weighted by Gasteiger charge is 2.45. The zero-order valence-corrected chi connectivity index (χ0v) is 20.8. The molecule has 0 saturated heterocycles. The molecule has 0 unspecified atom stereocenters. The van der Waals surface area contributed by atoms with Gasteiger partial charge in [-0.2, -0.15) is 5.48 Å². The summed E-state index contributed by atoms with van der Waals surface area (Å²) in [6.07, 6.45) is 5.69. The molecular weight excluding hydrogens is 422 g/mol. The van der Waals surface area contributed by atoms with Gasteiger partial charge >= 0.3 is 5.97 Å². The van der Waals surface area contributed by atoms with E-state index in [2.05, 4.69) is 23.9 Å². The zero-order valence-electron chi connectivity index (χ0n) is 20.8. The number of amides is 1. The molecule has 8 nitrogen and oxygen atoms in total. The monoisotopic (exact) mass is 464 g/mol. The summed E-state index contributed by atoms with van der Waals surface area (Å²) in [6, 6.07) is 7.44. The predicted molar refractivity (Wildman–Crippen MR) is 127 cm³/mol. The molecule has 4 N–H and O–H groups in total. The summed E-state index contributed by atoms with van der Waals surface area (Å²) in [5.74, 6) is 1.13. The van der Waals surface area contributed by atoms with Crippen molar-refractivity contribution in [3.63, 3.8) is 0 Å². The van der Waals surface area contributed by atoms with E-state index in [9.17, 15) is 19.6 Å². The van der Waals surface area contributed by atoms with Crippen LogP contribution < -0.4 is 10.8 Å². The van der Waals surface area contributed by atoms with Crippen LogP contribution in [0.5, 0.6) is 0 Å². The minimum Gasteiger partial charge on any atom is -0.469 e.